The number of carbonyl (C=O) groups excluding carboxylic acids is 1. The molecule has 0 saturated carbocycles. The van der Waals surface area contributed by atoms with Crippen molar-refractivity contribution >= 4 is 18.3 Å². The molecule has 0 aliphatic rings. The molecule has 0 aliphatic carbocycles. The number of nitrogens with one attached hydrogen (secondary N) is 1. The molecule has 96 valence electrons. The Bertz CT molecular complexity index is 388. The van der Waals surface area contributed by atoms with Crippen LogP contribution in [0.3, 0.4) is 0 Å². The largest absolute Gasteiger partial charge is 0.352 e. The third-order valence-electron chi connectivity index (χ3n) is 2.12. The van der Waals surface area contributed by atoms with Gasteiger partial charge in [0.2, 0.25) is 5.91 Å². The lowest BCUT2D eigenvalue weighted by atomic mass is 10.1. The number of hydrogen-bond donors (Lipinski definition) is 2. The molecule has 0 aromatic heterocycles. The summed E-state index contributed by atoms with van der Waals surface area (Å²) >= 11 is 0. The molecule has 1 amide bonds. The van der Waals surface area contributed by atoms with E-state index in [9.17, 15) is 13.6 Å². The topological polar surface area (TPSA) is 55.1 Å². The Kier molecular flexibility index (Phi) is 6.68. The number of hydrogen-bond acceptors (Lipinski definition) is 2. The van der Waals surface area contributed by atoms with E-state index in [1.807, 2.05) is 0 Å². The number of amides is 1. The predicted octanol–water partition coefficient (Wildman–Crippen LogP) is 1.39. The Hall–Kier alpha value is -1.20. The normalized spacial score (nSPS) is 11.5. The van der Waals surface area contributed by atoms with E-state index in [-0.39, 0.29) is 36.3 Å². The van der Waals surface area contributed by atoms with E-state index in [2.05, 4.69) is 5.32 Å². The molecule has 0 aliphatic heterocycles. The van der Waals surface area contributed by atoms with E-state index in [1.54, 1.807) is 6.92 Å². The van der Waals surface area contributed by atoms with Gasteiger partial charge in [-0.25, -0.2) is 8.78 Å². The molecule has 1 rings (SSSR count). The second-order valence-corrected chi connectivity index (χ2v) is 3.62. The van der Waals surface area contributed by atoms with Gasteiger partial charge in [-0.2, -0.15) is 0 Å². The van der Waals surface area contributed by atoms with Crippen LogP contribution in [0, 0.1) is 11.6 Å². The first kappa shape index (κ1) is 15.8. The molecule has 1 aromatic rings. The quantitative estimate of drug-likeness (QED) is 0.864. The van der Waals surface area contributed by atoms with Crippen LogP contribution in [0.1, 0.15) is 12.5 Å². The van der Waals surface area contributed by atoms with Gasteiger partial charge in [-0.1, -0.05) is 0 Å². The first-order valence-electron chi connectivity index (χ1n) is 4.96. The van der Waals surface area contributed by atoms with Crippen molar-refractivity contribution in [3.63, 3.8) is 0 Å². The molecule has 0 unspecified atom stereocenters. The Morgan fingerprint density at radius 3 is 2.71 bits per heavy atom. The van der Waals surface area contributed by atoms with Crippen LogP contribution in [-0.2, 0) is 11.2 Å². The molecular weight excluding hydrogens is 250 g/mol. The highest BCUT2D eigenvalue weighted by Gasteiger charge is 2.10. The van der Waals surface area contributed by atoms with E-state index in [4.69, 9.17) is 5.73 Å². The smallest absolute Gasteiger partial charge is 0.224 e. The van der Waals surface area contributed by atoms with Crippen LogP contribution in [0.15, 0.2) is 18.2 Å². The second kappa shape index (κ2) is 7.19. The van der Waals surface area contributed by atoms with Crippen molar-refractivity contribution in [3.05, 3.63) is 35.4 Å². The summed E-state index contributed by atoms with van der Waals surface area (Å²) in [5.74, 6) is -1.52. The molecule has 0 saturated heterocycles. The fourth-order valence-electron chi connectivity index (χ4n) is 1.24. The van der Waals surface area contributed by atoms with Gasteiger partial charge in [0.1, 0.15) is 11.6 Å². The van der Waals surface area contributed by atoms with Crippen molar-refractivity contribution in [2.24, 2.45) is 5.73 Å². The van der Waals surface area contributed by atoms with E-state index >= 15 is 0 Å². The molecule has 6 heteroatoms. The van der Waals surface area contributed by atoms with Crippen LogP contribution in [0.4, 0.5) is 8.78 Å². The predicted molar refractivity (Wildman–Crippen MR) is 64.0 cm³/mol. The zero-order chi connectivity index (χ0) is 12.1. The first-order valence-corrected chi connectivity index (χ1v) is 4.96. The van der Waals surface area contributed by atoms with E-state index in [0.29, 0.717) is 6.54 Å². The standard InChI is InChI=1S/C11H14F2N2O.ClH/c1-7(6-14)15-11(16)5-8-4-9(12)2-3-10(8)13;/h2-4,7H,5-6,14H2,1H3,(H,15,16);1H/t7-;/m0./s1. The summed E-state index contributed by atoms with van der Waals surface area (Å²) in [6.07, 6.45) is -0.187. The van der Waals surface area contributed by atoms with Gasteiger partial charge >= 0.3 is 0 Å². The molecule has 0 spiro atoms. The van der Waals surface area contributed by atoms with Gasteiger partial charge in [-0.05, 0) is 25.1 Å². The van der Waals surface area contributed by atoms with E-state index in [1.165, 1.54) is 0 Å². The monoisotopic (exact) mass is 264 g/mol. The zero-order valence-corrected chi connectivity index (χ0v) is 10.2. The summed E-state index contributed by atoms with van der Waals surface area (Å²) < 4.78 is 26.0. The average molecular weight is 265 g/mol. The first-order chi connectivity index (χ1) is 7.52. The Balaban J connectivity index is 0.00000256. The van der Waals surface area contributed by atoms with Gasteiger partial charge < -0.3 is 11.1 Å². The lowest BCUT2D eigenvalue weighted by Crippen LogP contribution is -2.38. The zero-order valence-electron chi connectivity index (χ0n) is 9.37. The number of benzene rings is 1. The fraction of sp³-hybridized carbons (Fsp3) is 0.364. The third kappa shape index (κ3) is 5.10. The second-order valence-electron chi connectivity index (χ2n) is 3.62. The Labute approximate surface area is 105 Å². The number of halogens is 3. The van der Waals surface area contributed by atoms with Crippen molar-refractivity contribution in [2.75, 3.05) is 6.54 Å². The number of rotatable bonds is 4. The van der Waals surface area contributed by atoms with Gasteiger partial charge in [0.05, 0.1) is 6.42 Å². The molecule has 0 fully saturated rings. The Morgan fingerprint density at radius 1 is 1.47 bits per heavy atom. The molecule has 17 heavy (non-hydrogen) atoms. The van der Waals surface area contributed by atoms with Crippen LogP contribution in [-0.4, -0.2) is 18.5 Å². The summed E-state index contributed by atoms with van der Waals surface area (Å²) in [5.41, 5.74) is 5.36. The SMILES string of the molecule is C[C@@H](CN)NC(=O)Cc1cc(F)ccc1F.Cl. The fourth-order valence-corrected chi connectivity index (χ4v) is 1.24. The summed E-state index contributed by atoms with van der Waals surface area (Å²) in [5, 5.41) is 2.57. The highest BCUT2D eigenvalue weighted by molar-refractivity contribution is 5.85. The van der Waals surface area contributed by atoms with Gasteiger partial charge in [0.15, 0.2) is 0 Å². The molecule has 1 atom stereocenters. The lowest BCUT2D eigenvalue weighted by molar-refractivity contribution is -0.121. The molecule has 3 N–H and O–H groups in total. The number of nitrogens with two attached hydrogens (primary N) is 1. The highest BCUT2D eigenvalue weighted by Crippen LogP contribution is 2.10. The molecule has 3 nitrogen and oxygen atoms in total. The van der Waals surface area contributed by atoms with Crippen LogP contribution in [0.25, 0.3) is 0 Å². The maximum absolute atomic E-state index is 13.2. The average Bonchev–Trinajstić information content (AvgIpc) is 2.23. The van der Waals surface area contributed by atoms with Gasteiger partial charge in [-0.3, -0.25) is 4.79 Å². The van der Waals surface area contributed by atoms with Crippen LogP contribution < -0.4 is 11.1 Å². The lowest BCUT2D eigenvalue weighted by Gasteiger charge is -2.11. The maximum Gasteiger partial charge on any atom is 0.224 e. The Morgan fingerprint density at radius 2 is 2.12 bits per heavy atom. The maximum atomic E-state index is 13.2. The molecule has 1 aromatic carbocycles. The highest BCUT2D eigenvalue weighted by atomic mass is 35.5. The minimum Gasteiger partial charge on any atom is -0.352 e. The van der Waals surface area contributed by atoms with Crippen molar-refractivity contribution in [1.82, 2.24) is 5.32 Å². The van der Waals surface area contributed by atoms with Crippen molar-refractivity contribution in [2.45, 2.75) is 19.4 Å². The van der Waals surface area contributed by atoms with E-state index in [0.717, 1.165) is 18.2 Å². The van der Waals surface area contributed by atoms with Gasteiger partial charge in [-0.15, -0.1) is 12.4 Å². The molecular formula is C11H15ClF2N2O. The van der Waals surface area contributed by atoms with Gasteiger partial charge in [0.25, 0.3) is 0 Å². The molecule has 0 radical (unpaired) electrons. The minimum absolute atomic E-state index is 0. The molecule has 0 bridgehead atoms. The van der Waals surface area contributed by atoms with Crippen LogP contribution in [0.2, 0.25) is 0 Å². The van der Waals surface area contributed by atoms with Crippen molar-refractivity contribution in [1.29, 1.82) is 0 Å². The van der Waals surface area contributed by atoms with Crippen molar-refractivity contribution in [3.8, 4) is 0 Å². The summed E-state index contributed by atoms with van der Waals surface area (Å²) in [6.45, 7) is 2.04. The third-order valence-corrected chi connectivity index (χ3v) is 2.12. The number of carbonyl (C=O) groups is 1. The minimum atomic E-state index is -0.586. The summed E-state index contributed by atoms with van der Waals surface area (Å²) in [6, 6.07) is 2.86. The summed E-state index contributed by atoms with van der Waals surface area (Å²) in [4.78, 5) is 11.4. The van der Waals surface area contributed by atoms with Crippen molar-refractivity contribution < 1.29 is 13.6 Å². The van der Waals surface area contributed by atoms with Crippen LogP contribution in [0.5, 0.6) is 0 Å². The summed E-state index contributed by atoms with van der Waals surface area (Å²) in [7, 11) is 0. The van der Waals surface area contributed by atoms with Gasteiger partial charge in [0, 0.05) is 18.2 Å². The molecule has 0 heterocycles. The van der Waals surface area contributed by atoms with E-state index < -0.39 is 11.6 Å². The van der Waals surface area contributed by atoms with Crippen LogP contribution >= 0.6 is 12.4 Å².